The summed E-state index contributed by atoms with van der Waals surface area (Å²) in [6.07, 6.45) is -4.61. The summed E-state index contributed by atoms with van der Waals surface area (Å²) in [4.78, 5) is 11.1. The van der Waals surface area contributed by atoms with Crippen LogP contribution in [-0.4, -0.2) is 62.0 Å². The fraction of sp³-hybridized carbons (Fsp3) is 0.471. The van der Waals surface area contributed by atoms with Crippen molar-refractivity contribution in [2.24, 2.45) is 0 Å². The van der Waals surface area contributed by atoms with Gasteiger partial charge < -0.3 is 34.5 Å². The van der Waals surface area contributed by atoms with Gasteiger partial charge in [-0.1, -0.05) is 18.2 Å². The largest absolute Gasteiger partial charge is 0.461 e. The number of fused-ring (bicyclic) bond motifs is 1. The standard InChI is InChI=1S/C17H21NO7/c1-9(20)24-8-10-6-18(12-5-3-2-4-11(10)12)17-16(23)15(22)14(21)13(7-19)25-17/h2-6,13-17,19,21-23H,7-8H2,1H3/t13-,14-,15+,16-,17-/m1/s1. The van der Waals surface area contributed by atoms with Crippen LogP contribution in [0.2, 0.25) is 0 Å². The summed E-state index contributed by atoms with van der Waals surface area (Å²) in [5.41, 5.74) is 1.41. The Bertz CT molecular complexity index is 757. The van der Waals surface area contributed by atoms with Gasteiger partial charge in [-0.3, -0.25) is 4.79 Å². The molecule has 5 atom stereocenters. The molecular formula is C17H21NO7. The van der Waals surface area contributed by atoms with Crippen molar-refractivity contribution in [2.75, 3.05) is 6.61 Å². The van der Waals surface area contributed by atoms with Gasteiger partial charge in [-0.25, -0.2) is 0 Å². The first kappa shape index (κ1) is 17.8. The molecule has 0 unspecified atom stereocenters. The Kier molecular flexibility index (Phi) is 5.07. The molecule has 4 N–H and O–H groups in total. The van der Waals surface area contributed by atoms with Gasteiger partial charge in [0, 0.05) is 24.1 Å². The minimum absolute atomic E-state index is 0.0558. The van der Waals surface area contributed by atoms with Gasteiger partial charge in [0.25, 0.3) is 0 Å². The number of rotatable bonds is 4. The van der Waals surface area contributed by atoms with Crippen LogP contribution in [0.3, 0.4) is 0 Å². The molecule has 0 saturated carbocycles. The molecule has 0 radical (unpaired) electrons. The fourth-order valence-corrected chi connectivity index (χ4v) is 3.09. The summed E-state index contributed by atoms with van der Waals surface area (Å²) in [5, 5.41) is 40.4. The number of carbonyl (C=O) groups is 1. The summed E-state index contributed by atoms with van der Waals surface area (Å²) in [5.74, 6) is -0.412. The number of aliphatic hydroxyl groups excluding tert-OH is 4. The van der Waals surface area contributed by atoms with Crippen LogP contribution in [0.5, 0.6) is 0 Å². The molecule has 1 fully saturated rings. The lowest BCUT2D eigenvalue weighted by Gasteiger charge is -2.40. The molecule has 2 heterocycles. The average Bonchev–Trinajstić information content (AvgIpc) is 2.97. The zero-order valence-electron chi connectivity index (χ0n) is 13.6. The van der Waals surface area contributed by atoms with Crippen molar-refractivity contribution in [3.8, 4) is 0 Å². The number of aromatic nitrogens is 1. The molecule has 0 amide bonds. The predicted octanol–water partition coefficient (Wildman–Crippen LogP) is -0.323. The van der Waals surface area contributed by atoms with Crippen LogP contribution in [0.1, 0.15) is 18.7 Å². The number of hydrogen-bond acceptors (Lipinski definition) is 7. The highest BCUT2D eigenvalue weighted by atomic mass is 16.6. The van der Waals surface area contributed by atoms with Crippen LogP contribution in [0.15, 0.2) is 30.5 Å². The van der Waals surface area contributed by atoms with Gasteiger partial charge in [0.2, 0.25) is 0 Å². The van der Waals surface area contributed by atoms with E-state index in [9.17, 15) is 25.2 Å². The number of benzene rings is 1. The van der Waals surface area contributed by atoms with E-state index < -0.39 is 43.2 Å². The van der Waals surface area contributed by atoms with Gasteiger partial charge >= 0.3 is 5.97 Å². The summed E-state index contributed by atoms with van der Waals surface area (Å²) in [7, 11) is 0. The monoisotopic (exact) mass is 351 g/mol. The molecule has 1 saturated heterocycles. The lowest BCUT2D eigenvalue weighted by atomic mass is 9.98. The molecule has 1 aliphatic rings. The van der Waals surface area contributed by atoms with Crippen LogP contribution < -0.4 is 0 Å². The molecular weight excluding hydrogens is 330 g/mol. The number of ether oxygens (including phenoxy) is 2. The van der Waals surface area contributed by atoms with E-state index in [4.69, 9.17) is 9.47 Å². The third-order valence-electron chi connectivity index (χ3n) is 4.40. The molecule has 3 rings (SSSR count). The summed E-state index contributed by atoms with van der Waals surface area (Å²) in [6, 6.07) is 7.28. The average molecular weight is 351 g/mol. The normalized spacial score (nSPS) is 29.7. The molecule has 2 aromatic rings. The minimum Gasteiger partial charge on any atom is -0.461 e. The van der Waals surface area contributed by atoms with Gasteiger partial charge in [0.05, 0.1) is 12.1 Å². The highest BCUT2D eigenvalue weighted by molar-refractivity contribution is 5.84. The minimum atomic E-state index is -1.46. The number of nitrogens with zero attached hydrogens (tertiary/aromatic N) is 1. The molecule has 0 aliphatic carbocycles. The van der Waals surface area contributed by atoms with Crippen LogP contribution in [0, 0.1) is 0 Å². The van der Waals surface area contributed by atoms with E-state index in [0.29, 0.717) is 11.1 Å². The summed E-state index contributed by atoms with van der Waals surface area (Å²) < 4.78 is 12.3. The van der Waals surface area contributed by atoms with Crippen molar-refractivity contribution in [3.05, 3.63) is 36.0 Å². The first-order valence-corrected chi connectivity index (χ1v) is 7.96. The third-order valence-corrected chi connectivity index (χ3v) is 4.40. The Labute approximate surface area is 143 Å². The molecule has 8 nitrogen and oxygen atoms in total. The number of aliphatic hydroxyl groups is 4. The van der Waals surface area contributed by atoms with Crippen LogP contribution in [0.4, 0.5) is 0 Å². The lowest BCUT2D eigenvalue weighted by molar-refractivity contribution is -0.250. The molecule has 8 heteroatoms. The quantitative estimate of drug-likeness (QED) is 0.557. The van der Waals surface area contributed by atoms with Crippen molar-refractivity contribution in [2.45, 2.75) is 44.2 Å². The highest BCUT2D eigenvalue weighted by Crippen LogP contribution is 2.33. The maximum atomic E-state index is 11.1. The van der Waals surface area contributed by atoms with Crippen LogP contribution in [-0.2, 0) is 20.9 Å². The highest BCUT2D eigenvalue weighted by Gasteiger charge is 2.44. The molecule has 1 aromatic heterocycles. The Morgan fingerprint density at radius 3 is 2.60 bits per heavy atom. The van der Waals surface area contributed by atoms with Crippen molar-refractivity contribution in [1.82, 2.24) is 4.57 Å². The Balaban J connectivity index is 2.01. The topological polar surface area (TPSA) is 121 Å². The number of hydrogen-bond donors (Lipinski definition) is 4. The van der Waals surface area contributed by atoms with Crippen LogP contribution in [0.25, 0.3) is 10.9 Å². The van der Waals surface area contributed by atoms with Crippen molar-refractivity contribution < 1.29 is 34.7 Å². The van der Waals surface area contributed by atoms with E-state index in [1.54, 1.807) is 22.9 Å². The molecule has 136 valence electrons. The third kappa shape index (κ3) is 3.26. The fourth-order valence-electron chi connectivity index (χ4n) is 3.09. The summed E-state index contributed by atoms with van der Waals surface area (Å²) >= 11 is 0. The zero-order chi connectivity index (χ0) is 18.1. The SMILES string of the molecule is CC(=O)OCc1cn([C@@H]2O[C@H](CO)[C@@H](O)[C@H](O)[C@H]2O)c2ccccc12. The predicted molar refractivity (Wildman–Crippen MR) is 86.4 cm³/mol. The Hall–Kier alpha value is -1.97. The van der Waals surface area contributed by atoms with Crippen molar-refractivity contribution >= 4 is 16.9 Å². The van der Waals surface area contributed by atoms with Gasteiger partial charge in [-0.2, -0.15) is 0 Å². The first-order chi connectivity index (χ1) is 11.9. The lowest BCUT2D eigenvalue weighted by Crippen LogP contribution is -2.56. The molecule has 0 spiro atoms. The smallest absolute Gasteiger partial charge is 0.302 e. The van der Waals surface area contributed by atoms with Crippen molar-refractivity contribution in [3.63, 3.8) is 0 Å². The van der Waals surface area contributed by atoms with Gasteiger partial charge in [-0.05, 0) is 6.07 Å². The Morgan fingerprint density at radius 2 is 1.92 bits per heavy atom. The van der Waals surface area contributed by atoms with E-state index in [1.807, 2.05) is 12.1 Å². The maximum Gasteiger partial charge on any atom is 0.302 e. The van der Waals surface area contributed by atoms with Crippen LogP contribution >= 0.6 is 0 Å². The molecule has 25 heavy (non-hydrogen) atoms. The molecule has 1 aliphatic heterocycles. The van der Waals surface area contributed by atoms with Gasteiger partial charge in [0.15, 0.2) is 6.23 Å². The second-order valence-corrected chi connectivity index (χ2v) is 6.08. The zero-order valence-corrected chi connectivity index (χ0v) is 13.6. The number of carbonyl (C=O) groups excluding carboxylic acids is 1. The first-order valence-electron chi connectivity index (χ1n) is 7.96. The van der Waals surface area contributed by atoms with E-state index in [-0.39, 0.29) is 6.61 Å². The number of esters is 1. The van der Waals surface area contributed by atoms with E-state index in [0.717, 1.165) is 5.39 Å². The molecule has 1 aromatic carbocycles. The second-order valence-electron chi connectivity index (χ2n) is 6.08. The van der Waals surface area contributed by atoms with Gasteiger partial charge in [0.1, 0.15) is 31.0 Å². The van der Waals surface area contributed by atoms with E-state index in [1.165, 1.54) is 6.92 Å². The summed E-state index contributed by atoms with van der Waals surface area (Å²) in [6.45, 7) is 0.873. The van der Waals surface area contributed by atoms with Gasteiger partial charge in [-0.15, -0.1) is 0 Å². The molecule has 0 bridgehead atoms. The van der Waals surface area contributed by atoms with Crippen molar-refractivity contribution in [1.29, 1.82) is 0 Å². The number of para-hydroxylation sites is 1. The van der Waals surface area contributed by atoms with E-state index in [2.05, 4.69) is 0 Å². The van der Waals surface area contributed by atoms with E-state index >= 15 is 0 Å². The maximum absolute atomic E-state index is 11.1. The Morgan fingerprint density at radius 1 is 1.20 bits per heavy atom. The second kappa shape index (κ2) is 7.11.